The summed E-state index contributed by atoms with van der Waals surface area (Å²) in [7, 11) is 1.37. The van der Waals surface area contributed by atoms with Crippen LogP contribution < -0.4 is 0 Å². The van der Waals surface area contributed by atoms with E-state index in [1.807, 2.05) is 30.3 Å². The van der Waals surface area contributed by atoms with E-state index < -0.39 is 5.38 Å². The van der Waals surface area contributed by atoms with Crippen LogP contribution in [-0.2, 0) is 14.3 Å². The van der Waals surface area contributed by atoms with Crippen molar-refractivity contribution in [3.8, 4) is 0 Å². The van der Waals surface area contributed by atoms with Crippen LogP contribution in [0.4, 0.5) is 0 Å². The molecule has 1 aromatic rings. The van der Waals surface area contributed by atoms with E-state index >= 15 is 0 Å². The number of rotatable bonds is 3. The molecule has 0 radical (unpaired) electrons. The number of methoxy groups -OCH3 is 1. The number of amides is 1. The summed E-state index contributed by atoms with van der Waals surface area (Å²) < 4.78 is 4.75. The molecular weight excluding hydrogens is 278 g/mol. The molecule has 1 aromatic carbocycles. The van der Waals surface area contributed by atoms with E-state index in [-0.39, 0.29) is 17.8 Å². The van der Waals surface area contributed by atoms with Crippen LogP contribution in [0.25, 0.3) is 0 Å². The number of benzene rings is 1. The van der Waals surface area contributed by atoms with Gasteiger partial charge >= 0.3 is 5.97 Å². The summed E-state index contributed by atoms with van der Waals surface area (Å²) in [5.41, 5.74) is 0.777. The highest BCUT2D eigenvalue weighted by atomic mass is 35.5. The van der Waals surface area contributed by atoms with Crippen molar-refractivity contribution in [2.75, 3.05) is 20.2 Å². The van der Waals surface area contributed by atoms with Crippen molar-refractivity contribution in [2.24, 2.45) is 5.92 Å². The number of carbonyl (C=O) groups is 2. The smallest absolute Gasteiger partial charge is 0.310 e. The van der Waals surface area contributed by atoms with Gasteiger partial charge in [-0.2, -0.15) is 0 Å². The van der Waals surface area contributed by atoms with Gasteiger partial charge in [-0.05, 0) is 18.4 Å². The fourth-order valence-electron chi connectivity index (χ4n) is 2.46. The fraction of sp³-hybridized carbons (Fsp3) is 0.467. The molecule has 1 aliphatic heterocycles. The maximum absolute atomic E-state index is 12.4. The Labute approximate surface area is 123 Å². The van der Waals surface area contributed by atoms with E-state index in [0.717, 1.165) is 18.4 Å². The quantitative estimate of drug-likeness (QED) is 0.635. The molecule has 0 N–H and O–H groups in total. The minimum absolute atomic E-state index is 0.147. The van der Waals surface area contributed by atoms with Crippen LogP contribution in [0.1, 0.15) is 23.8 Å². The number of alkyl halides is 1. The molecule has 1 amide bonds. The zero-order chi connectivity index (χ0) is 14.5. The largest absolute Gasteiger partial charge is 0.469 e. The molecular formula is C15H18ClNO3. The lowest BCUT2D eigenvalue weighted by atomic mass is 9.97. The first-order valence-electron chi connectivity index (χ1n) is 6.69. The average Bonchev–Trinajstić information content (AvgIpc) is 2.53. The minimum atomic E-state index is -0.701. The van der Waals surface area contributed by atoms with Crippen LogP contribution in [0.3, 0.4) is 0 Å². The number of ether oxygens (including phenoxy) is 1. The van der Waals surface area contributed by atoms with Crippen molar-refractivity contribution in [3.63, 3.8) is 0 Å². The van der Waals surface area contributed by atoms with Gasteiger partial charge in [-0.3, -0.25) is 9.59 Å². The lowest BCUT2D eigenvalue weighted by Crippen LogP contribution is -2.43. The predicted octanol–water partition coefficient (Wildman–Crippen LogP) is 2.38. The van der Waals surface area contributed by atoms with Gasteiger partial charge in [0.05, 0.1) is 13.0 Å². The second-order valence-electron chi connectivity index (χ2n) is 4.92. The summed E-state index contributed by atoms with van der Waals surface area (Å²) in [6, 6.07) is 9.25. The van der Waals surface area contributed by atoms with Gasteiger partial charge in [0.2, 0.25) is 5.91 Å². The third-order valence-corrected chi connectivity index (χ3v) is 4.02. The standard InChI is InChI=1S/C15H18ClNO3/c1-20-15(19)12-8-5-9-17(10-12)14(18)13(16)11-6-3-2-4-7-11/h2-4,6-7,12-13H,5,8-10H2,1H3. The first kappa shape index (κ1) is 14.9. The lowest BCUT2D eigenvalue weighted by Gasteiger charge is -2.32. The summed E-state index contributed by atoms with van der Waals surface area (Å²) in [6.45, 7) is 1.03. The molecule has 2 atom stereocenters. The SMILES string of the molecule is COC(=O)C1CCCN(C(=O)C(Cl)c2ccccc2)C1. The van der Waals surface area contributed by atoms with E-state index in [4.69, 9.17) is 16.3 Å². The maximum Gasteiger partial charge on any atom is 0.310 e. The zero-order valence-electron chi connectivity index (χ0n) is 11.4. The van der Waals surface area contributed by atoms with Crippen LogP contribution in [0.2, 0.25) is 0 Å². The third-order valence-electron chi connectivity index (χ3n) is 3.58. The van der Waals surface area contributed by atoms with Gasteiger partial charge in [-0.1, -0.05) is 30.3 Å². The van der Waals surface area contributed by atoms with Crippen molar-refractivity contribution >= 4 is 23.5 Å². The minimum Gasteiger partial charge on any atom is -0.469 e. The van der Waals surface area contributed by atoms with Crippen LogP contribution in [0.15, 0.2) is 30.3 Å². The first-order valence-corrected chi connectivity index (χ1v) is 7.12. The van der Waals surface area contributed by atoms with E-state index in [1.54, 1.807) is 4.90 Å². The number of likely N-dealkylation sites (tertiary alicyclic amines) is 1. The van der Waals surface area contributed by atoms with Gasteiger partial charge in [0.15, 0.2) is 0 Å². The van der Waals surface area contributed by atoms with Gasteiger partial charge in [-0.25, -0.2) is 0 Å². The second kappa shape index (κ2) is 6.75. The summed E-state index contributed by atoms with van der Waals surface area (Å²) in [6.07, 6.45) is 1.55. The summed E-state index contributed by atoms with van der Waals surface area (Å²) in [5, 5.41) is -0.701. The topological polar surface area (TPSA) is 46.6 Å². The molecule has 5 heteroatoms. The van der Waals surface area contributed by atoms with Gasteiger partial charge in [0, 0.05) is 13.1 Å². The van der Waals surface area contributed by atoms with Crippen molar-refractivity contribution in [1.82, 2.24) is 4.90 Å². The molecule has 1 saturated heterocycles. The van der Waals surface area contributed by atoms with E-state index in [0.29, 0.717) is 13.1 Å². The Morgan fingerprint density at radius 2 is 2.05 bits per heavy atom. The number of halogens is 1. The summed E-state index contributed by atoms with van der Waals surface area (Å²) in [4.78, 5) is 25.6. The molecule has 1 fully saturated rings. The Hall–Kier alpha value is -1.55. The number of piperidine rings is 1. The Balaban J connectivity index is 2.03. The van der Waals surface area contributed by atoms with Crippen molar-refractivity contribution in [1.29, 1.82) is 0 Å². The average molecular weight is 296 g/mol. The molecule has 0 spiro atoms. The zero-order valence-corrected chi connectivity index (χ0v) is 12.2. The van der Waals surface area contributed by atoms with Crippen molar-refractivity contribution in [3.05, 3.63) is 35.9 Å². The first-order chi connectivity index (χ1) is 9.63. The Kier molecular flexibility index (Phi) is 5.01. The molecule has 1 heterocycles. The number of nitrogens with zero attached hydrogens (tertiary/aromatic N) is 1. The number of hydrogen-bond donors (Lipinski definition) is 0. The van der Waals surface area contributed by atoms with Gasteiger partial charge < -0.3 is 9.64 Å². The monoisotopic (exact) mass is 295 g/mol. The van der Waals surface area contributed by atoms with Crippen LogP contribution in [-0.4, -0.2) is 37.0 Å². The van der Waals surface area contributed by atoms with E-state index in [2.05, 4.69) is 0 Å². The predicted molar refractivity (Wildman–Crippen MR) is 76.4 cm³/mol. The highest BCUT2D eigenvalue weighted by Gasteiger charge is 2.32. The van der Waals surface area contributed by atoms with Crippen LogP contribution in [0, 0.1) is 5.92 Å². The van der Waals surface area contributed by atoms with E-state index in [1.165, 1.54) is 7.11 Å². The molecule has 0 bridgehead atoms. The second-order valence-corrected chi connectivity index (χ2v) is 5.36. The number of carbonyl (C=O) groups excluding carboxylic acids is 2. The van der Waals surface area contributed by atoms with Gasteiger partial charge in [0.1, 0.15) is 5.38 Å². The molecule has 20 heavy (non-hydrogen) atoms. The third kappa shape index (κ3) is 3.31. The fourth-order valence-corrected chi connectivity index (χ4v) is 2.74. The lowest BCUT2D eigenvalue weighted by molar-refractivity contribution is -0.148. The Morgan fingerprint density at radius 1 is 1.35 bits per heavy atom. The van der Waals surface area contributed by atoms with Gasteiger partial charge in [-0.15, -0.1) is 11.6 Å². The molecule has 2 rings (SSSR count). The molecule has 0 aliphatic carbocycles. The Morgan fingerprint density at radius 3 is 2.70 bits per heavy atom. The maximum atomic E-state index is 12.4. The molecule has 0 saturated carbocycles. The molecule has 108 valence electrons. The highest BCUT2D eigenvalue weighted by molar-refractivity contribution is 6.30. The van der Waals surface area contributed by atoms with Crippen LogP contribution in [0.5, 0.6) is 0 Å². The van der Waals surface area contributed by atoms with Gasteiger partial charge in [0.25, 0.3) is 0 Å². The number of esters is 1. The Bertz CT molecular complexity index is 477. The molecule has 4 nitrogen and oxygen atoms in total. The van der Waals surface area contributed by atoms with E-state index in [9.17, 15) is 9.59 Å². The highest BCUT2D eigenvalue weighted by Crippen LogP contribution is 2.26. The molecule has 1 aliphatic rings. The summed E-state index contributed by atoms with van der Waals surface area (Å²) >= 11 is 6.24. The molecule has 0 aromatic heterocycles. The molecule has 2 unspecified atom stereocenters. The van der Waals surface area contributed by atoms with Crippen molar-refractivity contribution in [2.45, 2.75) is 18.2 Å². The van der Waals surface area contributed by atoms with Crippen molar-refractivity contribution < 1.29 is 14.3 Å². The normalized spacial score (nSPS) is 20.3. The van der Waals surface area contributed by atoms with Crippen LogP contribution >= 0.6 is 11.6 Å². The summed E-state index contributed by atoms with van der Waals surface area (Å²) in [5.74, 6) is -0.642. The number of hydrogen-bond acceptors (Lipinski definition) is 3.